The Hall–Kier alpha value is -1.85. The first kappa shape index (κ1) is 8.25. The molecule has 0 aliphatic rings. The fourth-order valence-electron chi connectivity index (χ4n) is 0.605. The molecule has 0 bridgehead atoms. The van der Waals surface area contributed by atoms with Crippen LogP contribution in [0.5, 0.6) is 11.8 Å². The number of ether oxygens (including phenoxy) is 1. The molecule has 2 N–H and O–H groups in total. The zero-order valence-electron chi connectivity index (χ0n) is 6.18. The van der Waals surface area contributed by atoms with Gasteiger partial charge in [-0.1, -0.05) is 0 Å². The molecule has 0 saturated carbocycles. The van der Waals surface area contributed by atoms with Gasteiger partial charge in [0.25, 0.3) is 0 Å². The minimum Gasteiger partial charge on any atom is -0.493 e. The van der Waals surface area contributed by atoms with E-state index in [0.29, 0.717) is 0 Å². The van der Waals surface area contributed by atoms with Crippen LogP contribution in [0.3, 0.4) is 0 Å². The highest BCUT2D eigenvalue weighted by atomic mass is 16.5. The number of hydrogen-bond acceptors (Lipinski definition) is 6. The van der Waals surface area contributed by atoms with E-state index in [4.69, 9.17) is 10.2 Å². The lowest BCUT2D eigenvalue weighted by Gasteiger charge is -1.98. The highest BCUT2D eigenvalue weighted by molar-refractivity contribution is 5.85. The monoisotopic (exact) mass is 170 g/mol. The van der Waals surface area contributed by atoms with Gasteiger partial charge in [0.05, 0.1) is 13.2 Å². The molecule has 0 aliphatic heterocycles. The predicted molar refractivity (Wildman–Crippen MR) is 36.7 cm³/mol. The van der Waals surface area contributed by atoms with E-state index in [2.05, 4.69) is 14.7 Å². The molecule has 1 rings (SSSR count). The van der Waals surface area contributed by atoms with E-state index in [1.807, 2.05) is 0 Å². The Labute approximate surface area is 67.5 Å². The smallest absolute Gasteiger partial charge is 0.376 e. The van der Waals surface area contributed by atoms with Crippen LogP contribution in [0, 0.1) is 0 Å². The summed E-state index contributed by atoms with van der Waals surface area (Å²) in [5.74, 6) is -2.16. The van der Waals surface area contributed by atoms with Gasteiger partial charge >= 0.3 is 5.97 Å². The average Bonchev–Trinajstić information content (AvgIpc) is 2.01. The third-order valence-electron chi connectivity index (χ3n) is 1.07. The molecule has 0 spiro atoms. The van der Waals surface area contributed by atoms with Crippen molar-refractivity contribution in [1.82, 2.24) is 9.97 Å². The highest BCUT2D eigenvalue weighted by Gasteiger charge is 2.11. The topological polar surface area (TPSA) is 92.5 Å². The summed E-state index contributed by atoms with van der Waals surface area (Å²) in [5.41, 5.74) is 0. The summed E-state index contributed by atoms with van der Waals surface area (Å²) in [6.07, 6.45) is 0. The number of aromatic nitrogens is 2. The molecule has 1 aromatic rings. The molecule has 0 saturated heterocycles. The van der Waals surface area contributed by atoms with Crippen molar-refractivity contribution in [3.8, 4) is 11.8 Å². The van der Waals surface area contributed by atoms with Gasteiger partial charge in [-0.25, -0.2) is 4.79 Å². The Morgan fingerprint density at radius 2 is 1.92 bits per heavy atom. The van der Waals surface area contributed by atoms with Crippen molar-refractivity contribution < 1.29 is 19.7 Å². The molecule has 0 fully saturated rings. The predicted octanol–water partition coefficient (Wildman–Crippen LogP) is -0.326. The molecule has 64 valence electrons. The minimum atomic E-state index is -0.818. The van der Waals surface area contributed by atoms with Crippen molar-refractivity contribution >= 4 is 5.97 Å². The van der Waals surface area contributed by atoms with Crippen LogP contribution in [-0.2, 0) is 4.74 Å². The van der Waals surface area contributed by atoms with Crippen molar-refractivity contribution in [1.29, 1.82) is 0 Å². The largest absolute Gasteiger partial charge is 0.493 e. The number of aromatic hydroxyl groups is 2. The molecule has 12 heavy (non-hydrogen) atoms. The molecule has 1 heterocycles. The third-order valence-corrected chi connectivity index (χ3v) is 1.07. The number of hydrogen-bond donors (Lipinski definition) is 2. The minimum absolute atomic E-state index is 0.380. The molecule has 0 atom stereocenters. The van der Waals surface area contributed by atoms with Gasteiger partial charge in [-0.05, 0) is 0 Å². The Morgan fingerprint density at radius 1 is 1.42 bits per heavy atom. The average molecular weight is 170 g/mol. The first-order valence-electron chi connectivity index (χ1n) is 2.99. The summed E-state index contributed by atoms with van der Waals surface area (Å²) in [6.45, 7) is 0. The summed E-state index contributed by atoms with van der Waals surface area (Å²) in [5, 5.41) is 17.6. The lowest BCUT2D eigenvalue weighted by atomic mass is 10.5. The van der Waals surface area contributed by atoms with Crippen molar-refractivity contribution in [2.45, 2.75) is 0 Å². The maximum absolute atomic E-state index is 10.7. The fraction of sp³-hybridized carbons (Fsp3) is 0.167. The van der Waals surface area contributed by atoms with Gasteiger partial charge in [-0.15, -0.1) is 0 Å². The van der Waals surface area contributed by atoms with Crippen LogP contribution >= 0.6 is 0 Å². The zero-order valence-corrected chi connectivity index (χ0v) is 6.18. The summed E-state index contributed by atoms with van der Waals surface area (Å²) in [7, 11) is 1.15. The molecule has 0 radical (unpaired) electrons. The van der Waals surface area contributed by atoms with E-state index in [1.165, 1.54) is 0 Å². The van der Waals surface area contributed by atoms with E-state index in [0.717, 1.165) is 13.2 Å². The van der Waals surface area contributed by atoms with E-state index >= 15 is 0 Å². The molecule has 6 heteroatoms. The lowest BCUT2D eigenvalue weighted by molar-refractivity contribution is 0.0584. The number of methoxy groups -OCH3 is 1. The van der Waals surface area contributed by atoms with Gasteiger partial charge in [0.2, 0.25) is 17.6 Å². The molecular weight excluding hydrogens is 164 g/mol. The Morgan fingerprint density at radius 3 is 2.33 bits per heavy atom. The van der Waals surface area contributed by atoms with Gasteiger partial charge in [0.1, 0.15) is 0 Å². The SMILES string of the molecule is COC(=O)c1nc(O)cc(O)n1. The Kier molecular flexibility index (Phi) is 2.09. The van der Waals surface area contributed by atoms with E-state index < -0.39 is 17.7 Å². The third kappa shape index (κ3) is 1.60. The van der Waals surface area contributed by atoms with E-state index in [-0.39, 0.29) is 5.82 Å². The lowest BCUT2D eigenvalue weighted by Crippen LogP contribution is -2.06. The van der Waals surface area contributed by atoms with Gasteiger partial charge in [0.15, 0.2) is 0 Å². The second kappa shape index (κ2) is 3.04. The Balaban J connectivity index is 3.08. The van der Waals surface area contributed by atoms with Crippen LogP contribution in [0.15, 0.2) is 6.07 Å². The van der Waals surface area contributed by atoms with Crippen LogP contribution in [0.25, 0.3) is 0 Å². The molecular formula is C6H6N2O4. The van der Waals surface area contributed by atoms with E-state index in [1.54, 1.807) is 0 Å². The van der Waals surface area contributed by atoms with Crippen LogP contribution in [0.4, 0.5) is 0 Å². The molecule has 0 unspecified atom stereocenters. The van der Waals surface area contributed by atoms with Crippen molar-refractivity contribution in [3.63, 3.8) is 0 Å². The molecule has 0 amide bonds. The van der Waals surface area contributed by atoms with Gasteiger partial charge in [-0.2, -0.15) is 9.97 Å². The second-order valence-electron chi connectivity index (χ2n) is 1.90. The standard InChI is InChI=1S/C6H6N2O4/c1-12-6(11)5-7-3(9)2-4(10)8-5/h2H,1H3,(H2,7,8,9,10). The molecule has 6 nitrogen and oxygen atoms in total. The number of carbonyl (C=O) groups is 1. The maximum atomic E-state index is 10.7. The molecule has 1 aromatic heterocycles. The number of nitrogens with zero attached hydrogens (tertiary/aromatic N) is 2. The number of rotatable bonds is 1. The van der Waals surface area contributed by atoms with Gasteiger partial charge in [0, 0.05) is 0 Å². The number of carbonyl (C=O) groups excluding carboxylic acids is 1. The van der Waals surface area contributed by atoms with Crippen molar-refractivity contribution in [3.05, 3.63) is 11.9 Å². The summed E-state index contributed by atoms with van der Waals surface area (Å²) in [6, 6.07) is 0.909. The van der Waals surface area contributed by atoms with Crippen molar-refractivity contribution in [2.24, 2.45) is 0 Å². The van der Waals surface area contributed by atoms with Crippen LogP contribution in [0.2, 0.25) is 0 Å². The molecule has 0 aliphatic carbocycles. The summed E-state index contributed by atoms with van der Waals surface area (Å²) >= 11 is 0. The van der Waals surface area contributed by atoms with Crippen LogP contribution in [-0.4, -0.2) is 33.3 Å². The highest BCUT2D eigenvalue weighted by Crippen LogP contribution is 2.12. The Bertz CT molecular complexity index is 292. The first-order chi connectivity index (χ1) is 5.63. The van der Waals surface area contributed by atoms with Crippen LogP contribution < -0.4 is 0 Å². The first-order valence-corrected chi connectivity index (χ1v) is 2.99. The van der Waals surface area contributed by atoms with Gasteiger partial charge < -0.3 is 14.9 Å². The van der Waals surface area contributed by atoms with Gasteiger partial charge in [-0.3, -0.25) is 0 Å². The number of esters is 1. The fourth-order valence-corrected chi connectivity index (χ4v) is 0.605. The second-order valence-corrected chi connectivity index (χ2v) is 1.90. The van der Waals surface area contributed by atoms with E-state index in [9.17, 15) is 4.79 Å². The zero-order chi connectivity index (χ0) is 9.14. The maximum Gasteiger partial charge on any atom is 0.376 e. The molecule has 0 aromatic carbocycles. The summed E-state index contributed by atoms with van der Waals surface area (Å²) < 4.78 is 4.26. The summed E-state index contributed by atoms with van der Waals surface area (Å²) in [4.78, 5) is 17.4. The van der Waals surface area contributed by atoms with Crippen molar-refractivity contribution in [2.75, 3.05) is 7.11 Å². The normalized spacial score (nSPS) is 9.42. The van der Waals surface area contributed by atoms with Crippen LogP contribution in [0.1, 0.15) is 10.6 Å². The quantitative estimate of drug-likeness (QED) is 0.561.